The summed E-state index contributed by atoms with van der Waals surface area (Å²) in [5, 5.41) is 12.3. The van der Waals surface area contributed by atoms with Crippen molar-refractivity contribution in [3.63, 3.8) is 0 Å². The number of aliphatic hydroxyl groups is 1. The molecule has 0 amide bonds. The van der Waals surface area contributed by atoms with Crippen molar-refractivity contribution >= 4 is 28.1 Å². The maximum atomic E-state index is 9.65. The van der Waals surface area contributed by atoms with Crippen molar-refractivity contribution < 1.29 is 9.84 Å². The molecule has 3 aromatic rings. The van der Waals surface area contributed by atoms with E-state index >= 15 is 0 Å². The predicted molar refractivity (Wildman–Crippen MR) is 92.6 cm³/mol. The lowest BCUT2D eigenvalue weighted by Gasteiger charge is -2.13. The summed E-state index contributed by atoms with van der Waals surface area (Å²) in [7, 11) is 1.63. The van der Waals surface area contributed by atoms with Crippen LogP contribution in [0.5, 0.6) is 5.75 Å². The minimum Gasteiger partial charge on any atom is -0.508 e. The van der Waals surface area contributed by atoms with E-state index in [2.05, 4.69) is 6.58 Å². The van der Waals surface area contributed by atoms with E-state index in [1.165, 1.54) is 0 Å². The Morgan fingerprint density at radius 1 is 1.09 bits per heavy atom. The quantitative estimate of drug-likeness (QED) is 0.629. The van der Waals surface area contributed by atoms with Crippen molar-refractivity contribution in [2.24, 2.45) is 0 Å². The minimum atomic E-state index is 0.0443. The average molecular weight is 311 g/mol. The van der Waals surface area contributed by atoms with E-state index < -0.39 is 0 Å². The largest absolute Gasteiger partial charge is 0.508 e. The van der Waals surface area contributed by atoms with Crippen LogP contribution in [0.4, 0.5) is 0 Å². The summed E-state index contributed by atoms with van der Waals surface area (Å²) in [6, 6.07) is 17.3. The normalized spacial score (nSPS) is 10.6. The molecule has 3 heteroatoms. The van der Waals surface area contributed by atoms with Gasteiger partial charge in [-0.3, -0.25) is 0 Å². The van der Waals surface area contributed by atoms with E-state index in [4.69, 9.17) is 16.3 Å². The summed E-state index contributed by atoms with van der Waals surface area (Å²) in [6.07, 6.45) is 0. The van der Waals surface area contributed by atoms with Gasteiger partial charge in [-0.05, 0) is 34.5 Å². The number of rotatable bonds is 3. The molecule has 3 rings (SSSR count). The van der Waals surface area contributed by atoms with Gasteiger partial charge in [-0.1, -0.05) is 54.6 Å². The van der Waals surface area contributed by atoms with Crippen LogP contribution in [0.1, 0.15) is 5.56 Å². The number of fused-ring (bicyclic) bond motifs is 1. The minimum absolute atomic E-state index is 0.0443. The molecule has 0 fully saturated rings. The lowest BCUT2D eigenvalue weighted by atomic mass is 9.96. The average Bonchev–Trinajstić information content (AvgIpc) is 2.53. The van der Waals surface area contributed by atoms with Crippen LogP contribution in [0.25, 0.3) is 27.7 Å². The Labute approximate surface area is 134 Å². The Morgan fingerprint density at radius 2 is 1.86 bits per heavy atom. The molecule has 1 N–H and O–H groups in total. The van der Waals surface area contributed by atoms with Gasteiger partial charge in [0, 0.05) is 11.1 Å². The molecule has 0 atom stereocenters. The van der Waals surface area contributed by atoms with Gasteiger partial charge >= 0.3 is 0 Å². The van der Waals surface area contributed by atoms with Crippen LogP contribution in [0.2, 0.25) is 5.02 Å². The number of ether oxygens (including phenoxy) is 1. The van der Waals surface area contributed by atoms with Crippen LogP contribution in [-0.2, 0) is 0 Å². The number of hydrogen-bond donors (Lipinski definition) is 1. The van der Waals surface area contributed by atoms with E-state index in [0.717, 1.165) is 21.9 Å². The van der Waals surface area contributed by atoms with E-state index in [-0.39, 0.29) is 5.76 Å². The SMILES string of the molecule is C=C(O)c1ccc2cccc(-c3c(Cl)cccc3OC)c2c1. The molecule has 0 aliphatic heterocycles. The van der Waals surface area contributed by atoms with Crippen LogP contribution in [0.15, 0.2) is 61.2 Å². The molecule has 0 aromatic heterocycles. The van der Waals surface area contributed by atoms with Gasteiger partial charge < -0.3 is 9.84 Å². The Hall–Kier alpha value is -2.45. The third-order valence-electron chi connectivity index (χ3n) is 3.68. The van der Waals surface area contributed by atoms with Crippen LogP contribution in [0, 0.1) is 0 Å². The number of hydrogen-bond acceptors (Lipinski definition) is 2. The monoisotopic (exact) mass is 310 g/mol. The molecule has 22 heavy (non-hydrogen) atoms. The highest BCUT2D eigenvalue weighted by atomic mass is 35.5. The van der Waals surface area contributed by atoms with Gasteiger partial charge in [0.15, 0.2) is 0 Å². The summed E-state index contributed by atoms with van der Waals surface area (Å²) >= 11 is 6.40. The summed E-state index contributed by atoms with van der Waals surface area (Å²) in [6.45, 7) is 3.59. The topological polar surface area (TPSA) is 29.5 Å². The fourth-order valence-electron chi connectivity index (χ4n) is 2.61. The van der Waals surface area contributed by atoms with Gasteiger partial charge in [0.2, 0.25) is 0 Å². The second-order valence-electron chi connectivity index (χ2n) is 5.01. The lowest BCUT2D eigenvalue weighted by Crippen LogP contribution is -1.91. The zero-order valence-corrected chi connectivity index (χ0v) is 12.9. The van der Waals surface area contributed by atoms with Crippen LogP contribution >= 0.6 is 11.6 Å². The molecule has 0 aliphatic rings. The summed E-state index contributed by atoms with van der Waals surface area (Å²) in [4.78, 5) is 0. The highest BCUT2D eigenvalue weighted by Gasteiger charge is 2.13. The Bertz CT molecular complexity index is 868. The van der Waals surface area contributed by atoms with Gasteiger partial charge in [0.05, 0.1) is 12.1 Å². The molecule has 2 nitrogen and oxygen atoms in total. The van der Waals surface area contributed by atoms with Crippen LogP contribution in [-0.4, -0.2) is 12.2 Å². The second-order valence-corrected chi connectivity index (χ2v) is 5.41. The first-order valence-corrected chi connectivity index (χ1v) is 7.23. The van der Waals surface area contributed by atoms with Gasteiger partial charge in [0.1, 0.15) is 11.5 Å². The highest BCUT2D eigenvalue weighted by molar-refractivity contribution is 6.34. The fraction of sp³-hybridized carbons (Fsp3) is 0.0526. The molecular formula is C19H15ClO2. The van der Waals surface area contributed by atoms with E-state index in [9.17, 15) is 5.11 Å². The molecule has 110 valence electrons. The Morgan fingerprint density at radius 3 is 2.59 bits per heavy atom. The smallest absolute Gasteiger partial charge is 0.128 e. The van der Waals surface area contributed by atoms with Gasteiger partial charge in [-0.2, -0.15) is 0 Å². The number of aliphatic hydroxyl groups excluding tert-OH is 1. The standard InChI is InChI=1S/C19H15ClO2/c1-12(21)14-10-9-13-5-3-6-15(16(13)11-14)19-17(20)7-4-8-18(19)22-2/h3-11,21H,1H2,2H3. The zero-order valence-electron chi connectivity index (χ0n) is 12.1. The third-order valence-corrected chi connectivity index (χ3v) is 3.99. The molecule has 0 aliphatic carbocycles. The highest BCUT2D eigenvalue weighted by Crippen LogP contribution is 2.40. The molecule has 0 bridgehead atoms. The third kappa shape index (κ3) is 2.42. The van der Waals surface area contributed by atoms with Crippen molar-refractivity contribution in [1.82, 2.24) is 0 Å². The number of halogens is 1. The van der Waals surface area contributed by atoms with E-state index in [1.54, 1.807) is 7.11 Å². The van der Waals surface area contributed by atoms with E-state index in [0.29, 0.717) is 16.3 Å². The Kier molecular flexibility index (Phi) is 3.78. The van der Waals surface area contributed by atoms with Gasteiger partial charge in [0.25, 0.3) is 0 Å². The number of benzene rings is 3. The van der Waals surface area contributed by atoms with Crippen LogP contribution < -0.4 is 4.74 Å². The molecule has 0 spiro atoms. The first-order chi connectivity index (χ1) is 10.6. The molecule has 3 aromatic carbocycles. The van der Waals surface area contributed by atoms with Crippen molar-refractivity contribution in [3.05, 3.63) is 71.8 Å². The van der Waals surface area contributed by atoms with Crippen molar-refractivity contribution in [2.75, 3.05) is 7.11 Å². The van der Waals surface area contributed by atoms with Crippen molar-refractivity contribution in [3.8, 4) is 16.9 Å². The summed E-state index contributed by atoms with van der Waals surface area (Å²) in [5.74, 6) is 0.760. The molecule has 0 unspecified atom stereocenters. The summed E-state index contributed by atoms with van der Waals surface area (Å²) < 4.78 is 5.46. The molecule has 0 heterocycles. The zero-order chi connectivity index (χ0) is 15.7. The first kappa shape index (κ1) is 14.5. The maximum Gasteiger partial charge on any atom is 0.128 e. The Balaban J connectivity index is 2.36. The molecular weight excluding hydrogens is 296 g/mol. The summed E-state index contributed by atoms with van der Waals surface area (Å²) in [5.41, 5.74) is 2.49. The second kappa shape index (κ2) is 5.74. The molecule has 0 saturated carbocycles. The maximum absolute atomic E-state index is 9.65. The molecule has 0 saturated heterocycles. The lowest BCUT2D eigenvalue weighted by molar-refractivity contribution is 0.416. The first-order valence-electron chi connectivity index (χ1n) is 6.85. The van der Waals surface area contributed by atoms with Crippen molar-refractivity contribution in [1.29, 1.82) is 0 Å². The van der Waals surface area contributed by atoms with E-state index in [1.807, 2.05) is 54.6 Å². The molecule has 0 radical (unpaired) electrons. The fourth-order valence-corrected chi connectivity index (χ4v) is 2.87. The van der Waals surface area contributed by atoms with Gasteiger partial charge in [-0.25, -0.2) is 0 Å². The number of methoxy groups -OCH3 is 1. The van der Waals surface area contributed by atoms with Gasteiger partial charge in [-0.15, -0.1) is 0 Å². The predicted octanol–water partition coefficient (Wildman–Crippen LogP) is 5.70. The van der Waals surface area contributed by atoms with Crippen LogP contribution in [0.3, 0.4) is 0 Å². The van der Waals surface area contributed by atoms with Crippen molar-refractivity contribution in [2.45, 2.75) is 0 Å².